The van der Waals surface area contributed by atoms with Gasteiger partial charge in [0.25, 0.3) is 0 Å². The van der Waals surface area contributed by atoms with Crippen molar-refractivity contribution in [3.63, 3.8) is 0 Å². The minimum atomic E-state index is 0.142. The van der Waals surface area contributed by atoms with Crippen LogP contribution in [-0.2, 0) is 4.84 Å². The van der Waals surface area contributed by atoms with Gasteiger partial charge >= 0.3 is 0 Å². The van der Waals surface area contributed by atoms with Gasteiger partial charge < -0.3 is 15.7 Å². The Morgan fingerprint density at radius 1 is 1.69 bits per heavy atom. The quantitative estimate of drug-likeness (QED) is 0.400. The Kier molecular flexibility index (Phi) is 4.73. The zero-order chi connectivity index (χ0) is 9.68. The summed E-state index contributed by atoms with van der Waals surface area (Å²) in [6.07, 6.45) is 2.73. The van der Waals surface area contributed by atoms with Gasteiger partial charge in [-0.3, -0.25) is 0 Å². The van der Waals surface area contributed by atoms with Crippen LogP contribution in [0, 0.1) is 0 Å². The van der Waals surface area contributed by atoms with E-state index >= 15 is 0 Å². The monoisotopic (exact) mass is 185 g/mol. The lowest BCUT2D eigenvalue weighted by molar-refractivity contribution is 0.0540. The number of hydrogen-bond donors (Lipinski definition) is 3. The molecule has 0 amide bonds. The highest BCUT2D eigenvalue weighted by atomic mass is 16.6. The fourth-order valence-corrected chi connectivity index (χ4v) is 1.88. The molecule has 0 spiro atoms. The number of rotatable bonds is 5. The molecule has 0 aromatic carbocycles. The Morgan fingerprint density at radius 3 is 3.08 bits per heavy atom. The van der Waals surface area contributed by atoms with Crippen LogP contribution in [-0.4, -0.2) is 38.2 Å². The van der Waals surface area contributed by atoms with Gasteiger partial charge in [-0.15, -0.1) is 0 Å². The summed E-state index contributed by atoms with van der Waals surface area (Å²) in [5, 5.41) is 8.71. The maximum atomic E-state index is 8.71. The van der Waals surface area contributed by atoms with Crippen molar-refractivity contribution in [1.82, 2.24) is 5.48 Å². The van der Waals surface area contributed by atoms with Crippen molar-refractivity contribution in [3.8, 4) is 0 Å². The molecule has 1 aliphatic heterocycles. The van der Waals surface area contributed by atoms with E-state index in [1.165, 1.54) is 0 Å². The predicted octanol–water partition coefficient (Wildman–Crippen LogP) is -0.470. The molecule has 13 heavy (non-hydrogen) atoms. The molecule has 1 heterocycles. The Labute approximate surface area is 80.0 Å². The molecule has 1 saturated heterocycles. The van der Waals surface area contributed by atoms with Crippen LogP contribution in [0.5, 0.6) is 0 Å². The number of hydroxylamine groups is 1. The molecule has 0 saturated carbocycles. The summed E-state index contributed by atoms with van der Waals surface area (Å²) in [4.78, 5) is 4.89. The van der Waals surface area contributed by atoms with Crippen molar-refractivity contribution in [3.05, 3.63) is 0 Å². The third-order valence-electron chi connectivity index (χ3n) is 2.58. The van der Waals surface area contributed by atoms with E-state index in [9.17, 15) is 0 Å². The van der Waals surface area contributed by atoms with Gasteiger partial charge in [-0.1, -0.05) is 12.7 Å². The van der Waals surface area contributed by atoms with Crippen LogP contribution < -0.4 is 11.2 Å². The summed E-state index contributed by atoms with van der Waals surface area (Å²) in [6.45, 7) is 0.249. The molecule has 0 bridgehead atoms. The molecule has 1 rings (SSSR count). The van der Waals surface area contributed by atoms with Gasteiger partial charge in [0.15, 0.2) is 0 Å². The molecule has 0 aliphatic carbocycles. The second-order valence-corrected chi connectivity index (χ2v) is 3.51. The maximum Gasteiger partial charge on any atom is 0.117 e. The fraction of sp³-hybridized carbons (Fsp3) is 1.00. The highest BCUT2D eigenvalue weighted by Crippen LogP contribution is 2.28. The van der Waals surface area contributed by atoms with Crippen molar-refractivity contribution >= 4 is 7.28 Å². The molecule has 0 aromatic heterocycles. The summed E-state index contributed by atoms with van der Waals surface area (Å²) in [5.74, 6) is 0.432. The van der Waals surface area contributed by atoms with E-state index < -0.39 is 0 Å². The number of hydrogen-bond acceptors (Lipinski definition) is 4. The molecular formula is C8H18BN2O2. The van der Waals surface area contributed by atoms with E-state index in [0.717, 1.165) is 19.2 Å². The fourth-order valence-electron chi connectivity index (χ4n) is 1.88. The normalized spacial score (nSPS) is 33.3. The molecule has 3 atom stereocenters. The zero-order valence-electron chi connectivity index (χ0n) is 8.07. The van der Waals surface area contributed by atoms with Crippen molar-refractivity contribution in [2.24, 2.45) is 5.73 Å². The summed E-state index contributed by atoms with van der Waals surface area (Å²) in [5.41, 5.74) is 8.81. The van der Waals surface area contributed by atoms with Crippen LogP contribution in [0.3, 0.4) is 0 Å². The average Bonchev–Trinajstić information content (AvgIpc) is 2.46. The zero-order valence-corrected chi connectivity index (χ0v) is 8.07. The number of nitrogens with two attached hydrogens (primary N) is 1. The van der Waals surface area contributed by atoms with Crippen molar-refractivity contribution in [2.75, 3.05) is 13.7 Å². The van der Waals surface area contributed by atoms with Crippen LogP contribution in [0.1, 0.15) is 12.8 Å². The first-order chi connectivity index (χ1) is 6.29. The van der Waals surface area contributed by atoms with Crippen LogP contribution >= 0.6 is 0 Å². The van der Waals surface area contributed by atoms with Gasteiger partial charge in [-0.05, 0) is 12.2 Å². The Balaban J connectivity index is 2.34. The van der Waals surface area contributed by atoms with Crippen LogP contribution in [0.25, 0.3) is 0 Å². The minimum Gasteiger partial charge on any atom is -0.396 e. The second-order valence-electron chi connectivity index (χ2n) is 3.51. The second kappa shape index (κ2) is 5.60. The lowest BCUT2D eigenvalue weighted by Crippen LogP contribution is -2.42. The highest BCUT2D eigenvalue weighted by molar-refractivity contribution is 6.39. The molecule has 0 aromatic rings. The number of nitrogens with one attached hydrogen (secondary N) is 1. The summed E-state index contributed by atoms with van der Waals surface area (Å²) in [7, 11) is 3.82. The van der Waals surface area contributed by atoms with E-state index in [2.05, 4.69) is 12.8 Å². The summed E-state index contributed by atoms with van der Waals surface area (Å²) in [6, 6.07) is 0.347. The Morgan fingerprint density at radius 2 is 2.46 bits per heavy atom. The lowest BCUT2D eigenvalue weighted by Gasteiger charge is -2.22. The van der Waals surface area contributed by atoms with Gasteiger partial charge in [-0.2, -0.15) is 5.48 Å². The molecule has 1 fully saturated rings. The number of aliphatic hydroxyl groups excluding tert-OH is 1. The molecule has 1 aliphatic rings. The molecule has 3 unspecified atom stereocenters. The first kappa shape index (κ1) is 11.0. The van der Waals surface area contributed by atoms with Crippen LogP contribution in [0.15, 0.2) is 0 Å². The van der Waals surface area contributed by atoms with Crippen molar-refractivity contribution < 1.29 is 9.94 Å². The minimum absolute atomic E-state index is 0.142. The van der Waals surface area contributed by atoms with Crippen LogP contribution in [0.2, 0.25) is 12.1 Å². The molecule has 5 heteroatoms. The first-order valence-electron chi connectivity index (χ1n) is 4.78. The molecule has 4 N–H and O–H groups in total. The van der Waals surface area contributed by atoms with Crippen molar-refractivity contribution in [2.45, 2.75) is 37.1 Å². The van der Waals surface area contributed by atoms with E-state index in [0.29, 0.717) is 5.82 Å². The van der Waals surface area contributed by atoms with Gasteiger partial charge in [-0.25, -0.2) is 0 Å². The maximum absolute atomic E-state index is 8.71. The van der Waals surface area contributed by atoms with Gasteiger partial charge in [0, 0.05) is 18.7 Å². The van der Waals surface area contributed by atoms with E-state index in [1.807, 2.05) is 0 Å². The van der Waals surface area contributed by atoms with E-state index in [1.54, 1.807) is 7.11 Å². The van der Waals surface area contributed by atoms with Gasteiger partial charge in [0.1, 0.15) is 7.28 Å². The Bertz CT molecular complexity index is 148. The molecule has 4 nitrogen and oxygen atoms in total. The van der Waals surface area contributed by atoms with Crippen molar-refractivity contribution in [1.29, 1.82) is 0 Å². The number of aliphatic hydroxyl groups is 1. The topological polar surface area (TPSA) is 67.5 Å². The van der Waals surface area contributed by atoms with E-state index in [-0.39, 0.29) is 18.7 Å². The largest absolute Gasteiger partial charge is 0.396 e. The lowest BCUT2D eigenvalue weighted by atomic mass is 9.65. The summed E-state index contributed by atoms with van der Waals surface area (Å²) < 4.78 is 0. The van der Waals surface area contributed by atoms with Gasteiger partial charge in [0.05, 0.1) is 7.11 Å². The smallest absolute Gasteiger partial charge is 0.117 e. The van der Waals surface area contributed by atoms with Crippen LogP contribution in [0.4, 0.5) is 0 Å². The third kappa shape index (κ3) is 2.95. The molecule has 1 radical (unpaired) electrons. The SMILES string of the molecule is CONC1C(N)C[B]C1CCCO. The highest BCUT2D eigenvalue weighted by Gasteiger charge is 2.33. The third-order valence-corrected chi connectivity index (χ3v) is 2.58. The van der Waals surface area contributed by atoms with Gasteiger partial charge in [0.2, 0.25) is 0 Å². The summed E-state index contributed by atoms with van der Waals surface area (Å²) >= 11 is 0. The first-order valence-corrected chi connectivity index (χ1v) is 4.78. The molecule has 75 valence electrons. The average molecular weight is 185 g/mol. The Hall–Kier alpha value is -0.0951. The van der Waals surface area contributed by atoms with E-state index in [4.69, 9.17) is 15.7 Å². The molecular weight excluding hydrogens is 167 g/mol. The predicted molar refractivity (Wildman–Crippen MR) is 52.5 cm³/mol. The standard InChI is InChI=1S/C8H18BN2O2/c1-13-11-8-6(3-2-4-12)9-5-7(8)10/h6-8,11-12H,2-5,10H2,1H3.